The first-order chi connectivity index (χ1) is 8.18. The fourth-order valence-corrected chi connectivity index (χ4v) is 1.65. The van der Waals surface area contributed by atoms with Crippen LogP contribution in [0.4, 0.5) is 4.79 Å². The summed E-state index contributed by atoms with van der Waals surface area (Å²) >= 11 is 0. The van der Waals surface area contributed by atoms with E-state index >= 15 is 0 Å². The minimum Gasteiger partial charge on any atom is -0.481 e. The van der Waals surface area contributed by atoms with E-state index in [9.17, 15) is 9.59 Å². The Balaban J connectivity index is 4.37. The lowest BCUT2D eigenvalue weighted by molar-refractivity contribution is -0.137. The number of carboxylic acids is 1. The van der Waals surface area contributed by atoms with Crippen molar-refractivity contribution in [2.24, 2.45) is 5.92 Å². The highest BCUT2D eigenvalue weighted by molar-refractivity contribution is 5.75. The van der Waals surface area contributed by atoms with Gasteiger partial charge in [-0.2, -0.15) is 0 Å². The molecule has 0 spiro atoms. The normalized spacial score (nSPS) is 11.4. The molecule has 0 aromatic heterocycles. The Kier molecular flexibility index (Phi) is 6.73. The van der Waals surface area contributed by atoms with Crippen molar-refractivity contribution in [3.63, 3.8) is 0 Å². The standard InChI is InChI=1S/C13H26N2O3/c1-6-15(9-10(2)3)12(18)14-13(4,5)8-7-11(16)17/h10H,6-9H2,1-5H3,(H,14,18)(H,16,17). The highest BCUT2D eigenvalue weighted by Gasteiger charge is 2.24. The van der Waals surface area contributed by atoms with Crippen molar-refractivity contribution < 1.29 is 14.7 Å². The fourth-order valence-electron chi connectivity index (χ4n) is 1.65. The largest absolute Gasteiger partial charge is 0.481 e. The van der Waals surface area contributed by atoms with Gasteiger partial charge in [0, 0.05) is 25.0 Å². The summed E-state index contributed by atoms with van der Waals surface area (Å²) in [5, 5.41) is 11.6. The predicted octanol–water partition coefficient (Wildman–Crippen LogP) is 2.32. The van der Waals surface area contributed by atoms with E-state index in [4.69, 9.17) is 5.11 Å². The maximum atomic E-state index is 12.0. The molecule has 0 saturated carbocycles. The first-order valence-electron chi connectivity index (χ1n) is 6.47. The van der Waals surface area contributed by atoms with E-state index in [1.807, 2.05) is 20.8 Å². The van der Waals surface area contributed by atoms with Gasteiger partial charge < -0.3 is 15.3 Å². The minimum atomic E-state index is -0.841. The maximum Gasteiger partial charge on any atom is 0.317 e. The fraction of sp³-hybridized carbons (Fsp3) is 0.846. The molecule has 5 nitrogen and oxygen atoms in total. The number of carbonyl (C=O) groups excluding carboxylic acids is 1. The topological polar surface area (TPSA) is 69.6 Å². The van der Waals surface area contributed by atoms with Crippen molar-refractivity contribution in [1.29, 1.82) is 0 Å². The summed E-state index contributed by atoms with van der Waals surface area (Å²) in [6.07, 6.45) is 0.483. The van der Waals surface area contributed by atoms with Gasteiger partial charge in [0.15, 0.2) is 0 Å². The molecular formula is C13H26N2O3. The first-order valence-corrected chi connectivity index (χ1v) is 6.47. The zero-order valence-electron chi connectivity index (χ0n) is 12.1. The Morgan fingerprint density at radius 1 is 1.33 bits per heavy atom. The number of nitrogens with zero attached hydrogens (tertiary/aromatic N) is 1. The molecule has 0 aromatic carbocycles. The lowest BCUT2D eigenvalue weighted by Crippen LogP contribution is -2.51. The molecule has 0 aromatic rings. The number of hydrogen-bond acceptors (Lipinski definition) is 2. The molecule has 0 atom stereocenters. The molecule has 0 rings (SSSR count). The van der Waals surface area contributed by atoms with Gasteiger partial charge in [0.1, 0.15) is 0 Å². The van der Waals surface area contributed by atoms with Gasteiger partial charge in [-0.05, 0) is 33.1 Å². The summed E-state index contributed by atoms with van der Waals surface area (Å²) in [6.45, 7) is 11.1. The number of urea groups is 1. The molecule has 18 heavy (non-hydrogen) atoms. The van der Waals surface area contributed by atoms with Crippen LogP contribution in [0.25, 0.3) is 0 Å². The van der Waals surface area contributed by atoms with Crippen LogP contribution in [-0.4, -0.2) is 40.6 Å². The average molecular weight is 258 g/mol. The van der Waals surface area contributed by atoms with Crippen LogP contribution in [0, 0.1) is 5.92 Å². The van der Waals surface area contributed by atoms with Gasteiger partial charge in [0.2, 0.25) is 0 Å². The third-order valence-corrected chi connectivity index (χ3v) is 2.66. The van der Waals surface area contributed by atoms with E-state index in [2.05, 4.69) is 19.2 Å². The average Bonchev–Trinajstić information content (AvgIpc) is 2.22. The number of aliphatic carboxylic acids is 1. The number of carbonyl (C=O) groups is 2. The smallest absolute Gasteiger partial charge is 0.317 e. The summed E-state index contributed by atoms with van der Waals surface area (Å²) in [7, 11) is 0. The van der Waals surface area contributed by atoms with E-state index < -0.39 is 11.5 Å². The summed E-state index contributed by atoms with van der Waals surface area (Å²) in [6, 6.07) is -0.124. The molecule has 0 radical (unpaired) electrons. The summed E-state index contributed by atoms with van der Waals surface area (Å²) < 4.78 is 0. The lowest BCUT2D eigenvalue weighted by atomic mass is 9.99. The van der Waals surface area contributed by atoms with Crippen LogP contribution in [0.5, 0.6) is 0 Å². The second-order valence-electron chi connectivity index (χ2n) is 5.64. The number of hydrogen-bond donors (Lipinski definition) is 2. The second kappa shape index (κ2) is 7.24. The van der Waals surface area contributed by atoms with E-state index in [0.29, 0.717) is 25.4 Å². The van der Waals surface area contributed by atoms with Crippen LogP contribution in [0.1, 0.15) is 47.5 Å². The van der Waals surface area contributed by atoms with Crippen LogP contribution in [0.2, 0.25) is 0 Å². The molecule has 2 N–H and O–H groups in total. The molecule has 0 bridgehead atoms. The first kappa shape index (κ1) is 16.7. The van der Waals surface area contributed by atoms with Gasteiger partial charge in [0.05, 0.1) is 0 Å². The third kappa shape index (κ3) is 7.14. The van der Waals surface area contributed by atoms with Crippen LogP contribution < -0.4 is 5.32 Å². The maximum absolute atomic E-state index is 12.0. The molecule has 106 valence electrons. The molecular weight excluding hydrogens is 232 g/mol. The molecule has 0 aliphatic rings. The second-order valence-corrected chi connectivity index (χ2v) is 5.64. The van der Waals surface area contributed by atoms with Crippen LogP contribution >= 0.6 is 0 Å². The van der Waals surface area contributed by atoms with E-state index in [1.54, 1.807) is 4.90 Å². The third-order valence-electron chi connectivity index (χ3n) is 2.66. The van der Waals surface area contributed by atoms with E-state index in [1.165, 1.54) is 0 Å². The molecule has 0 heterocycles. The van der Waals surface area contributed by atoms with Gasteiger partial charge in [-0.3, -0.25) is 4.79 Å². The van der Waals surface area contributed by atoms with Crippen molar-refractivity contribution in [2.75, 3.05) is 13.1 Å². The minimum absolute atomic E-state index is 0.0591. The van der Waals surface area contributed by atoms with Crippen LogP contribution in [0.3, 0.4) is 0 Å². The molecule has 2 amide bonds. The van der Waals surface area contributed by atoms with Crippen LogP contribution in [-0.2, 0) is 4.79 Å². The molecule has 0 saturated heterocycles. The summed E-state index contributed by atoms with van der Waals surface area (Å²) in [5.41, 5.74) is -0.500. The van der Waals surface area contributed by atoms with E-state index in [0.717, 1.165) is 0 Å². The Morgan fingerprint density at radius 2 is 1.89 bits per heavy atom. The van der Waals surface area contributed by atoms with Crippen molar-refractivity contribution in [1.82, 2.24) is 10.2 Å². The molecule has 0 aliphatic heterocycles. The zero-order chi connectivity index (χ0) is 14.3. The molecule has 0 unspecified atom stereocenters. The van der Waals surface area contributed by atoms with Crippen molar-refractivity contribution in [2.45, 2.75) is 53.0 Å². The lowest BCUT2D eigenvalue weighted by Gasteiger charge is -2.31. The summed E-state index contributed by atoms with van der Waals surface area (Å²) in [4.78, 5) is 24.3. The van der Waals surface area contributed by atoms with Crippen molar-refractivity contribution in [3.05, 3.63) is 0 Å². The number of nitrogens with one attached hydrogen (secondary N) is 1. The number of carboxylic acid groups (broad SMARTS) is 1. The van der Waals surface area contributed by atoms with Crippen molar-refractivity contribution >= 4 is 12.0 Å². The molecule has 0 fully saturated rings. The Hall–Kier alpha value is -1.26. The van der Waals surface area contributed by atoms with Gasteiger partial charge in [-0.1, -0.05) is 13.8 Å². The van der Waals surface area contributed by atoms with Crippen molar-refractivity contribution in [3.8, 4) is 0 Å². The Morgan fingerprint density at radius 3 is 2.28 bits per heavy atom. The highest BCUT2D eigenvalue weighted by Crippen LogP contribution is 2.12. The molecule has 5 heteroatoms. The number of amides is 2. The highest BCUT2D eigenvalue weighted by atomic mass is 16.4. The monoisotopic (exact) mass is 258 g/mol. The Labute approximate surface area is 110 Å². The Bertz CT molecular complexity index is 288. The van der Waals surface area contributed by atoms with Gasteiger partial charge in [-0.25, -0.2) is 4.79 Å². The molecule has 0 aliphatic carbocycles. The SMILES string of the molecule is CCN(CC(C)C)C(=O)NC(C)(C)CCC(=O)O. The predicted molar refractivity (Wildman–Crippen MR) is 71.6 cm³/mol. The van der Waals surface area contributed by atoms with Gasteiger partial charge in [0.25, 0.3) is 0 Å². The number of rotatable bonds is 7. The van der Waals surface area contributed by atoms with E-state index in [-0.39, 0.29) is 12.5 Å². The zero-order valence-corrected chi connectivity index (χ0v) is 12.1. The quantitative estimate of drug-likeness (QED) is 0.736. The summed E-state index contributed by atoms with van der Waals surface area (Å²) in [5.74, 6) is -0.426. The van der Waals surface area contributed by atoms with Crippen LogP contribution in [0.15, 0.2) is 0 Å². The van der Waals surface area contributed by atoms with Gasteiger partial charge >= 0.3 is 12.0 Å². The van der Waals surface area contributed by atoms with Gasteiger partial charge in [-0.15, -0.1) is 0 Å².